The van der Waals surface area contributed by atoms with E-state index in [9.17, 15) is 4.79 Å². The van der Waals surface area contributed by atoms with Gasteiger partial charge in [0.25, 0.3) is 5.91 Å². The van der Waals surface area contributed by atoms with Crippen molar-refractivity contribution in [1.29, 1.82) is 0 Å². The fraction of sp³-hybridized carbons (Fsp3) is 0.240. The fourth-order valence-corrected chi connectivity index (χ4v) is 4.17. The maximum atomic E-state index is 12.3. The molecule has 0 spiro atoms. The van der Waals surface area contributed by atoms with Crippen molar-refractivity contribution < 1.29 is 13.9 Å². The van der Waals surface area contributed by atoms with Crippen molar-refractivity contribution >= 4 is 17.7 Å². The van der Waals surface area contributed by atoms with Crippen LogP contribution in [0.25, 0.3) is 17.3 Å². The number of para-hydroxylation sites is 2. The van der Waals surface area contributed by atoms with Gasteiger partial charge in [0.1, 0.15) is 5.75 Å². The number of carbonyl (C=O) groups excluding carboxylic acids is 1. The van der Waals surface area contributed by atoms with Crippen LogP contribution in [-0.2, 0) is 5.75 Å². The number of thioether (sulfide) groups is 1. The topological polar surface area (TPSA) is 82.2 Å². The summed E-state index contributed by atoms with van der Waals surface area (Å²) in [7, 11) is 1.64. The molecule has 1 atom stereocenters. The summed E-state index contributed by atoms with van der Waals surface area (Å²) in [6.07, 6.45) is 2.51. The normalized spacial score (nSPS) is 11.8. The lowest BCUT2D eigenvalue weighted by molar-refractivity contribution is 0.0939. The first kappa shape index (κ1) is 22.7. The monoisotopic (exact) mass is 462 g/mol. The van der Waals surface area contributed by atoms with Gasteiger partial charge >= 0.3 is 0 Å². The molecule has 2 aromatic carbocycles. The van der Waals surface area contributed by atoms with Crippen molar-refractivity contribution in [1.82, 2.24) is 20.1 Å². The molecule has 0 unspecified atom stereocenters. The van der Waals surface area contributed by atoms with Crippen LogP contribution >= 0.6 is 11.8 Å². The lowest BCUT2D eigenvalue weighted by atomic mass is 10.1. The number of rotatable bonds is 9. The third-order valence-electron chi connectivity index (χ3n) is 5.27. The summed E-state index contributed by atoms with van der Waals surface area (Å²) >= 11 is 1.55. The zero-order valence-electron chi connectivity index (χ0n) is 18.8. The zero-order valence-corrected chi connectivity index (χ0v) is 19.6. The van der Waals surface area contributed by atoms with E-state index in [4.69, 9.17) is 9.15 Å². The Morgan fingerprint density at radius 1 is 1.12 bits per heavy atom. The number of amides is 1. The van der Waals surface area contributed by atoms with Gasteiger partial charge in [-0.2, -0.15) is 0 Å². The zero-order chi connectivity index (χ0) is 23.2. The minimum atomic E-state index is -0.0532. The quantitative estimate of drug-likeness (QED) is 0.337. The third-order valence-corrected chi connectivity index (χ3v) is 6.28. The highest BCUT2D eigenvalue weighted by atomic mass is 32.2. The van der Waals surface area contributed by atoms with Gasteiger partial charge in [-0.05, 0) is 55.3 Å². The molecule has 2 heterocycles. The molecule has 2 aromatic heterocycles. The molecule has 0 aliphatic rings. The van der Waals surface area contributed by atoms with Crippen molar-refractivity contribution in [3.05, 3.63) is 78.1 Å². The van der Waals surface area contributed by atoms with Crippen LogP contribution < -0.4 is 10.1 Å². The lowest BCUT2D eigenvalue weighted by Crippen LogP contribution is -2.31. The summed E-state index contributed by atoms with van der Waals surface area (Å²) in [6.45, 7) is 4.05. The number of aromatic nitrogens is 3. The highest BCUT2D eigenvalue weighted by Crippen LogP contribution is 2.33. The number of benzene rings is 2. The standard InChI is InChI=1S/C25H26N4O3S/c1-4-17(2)26-24(30)19-13-11-18(12-14-19)16-33-25-28-27-23(22-10-7-15-32-22)29(25)20-8-5-6-9-21(20)31-3/h5-15,17H,4,16H2,1-3H3,(H,26,30)/t17-/m0/s1. The number of methoxy groups -OCH3 is 1. The molecule has 33 heavy (non-hydrogen) atoms. The van der Waals surface area contributed by atoms with Crippen LogP contribution in [0.5, 0.6) is 5.75 Å². The molecule has 4 rings (SSSR count). The average molecular weight is 463 g/mol. The van der Waals surface area contributed by atoms with E-state index in [-0.39, 0.29) is 11.9 Å². The molecule has 170 valence electrons. The summed E-state index contributed by atoms with van der Waals surface area (Å²) < 4.78 is 13.1. The van der Waals surface area contributed by atoms with E-state index in [1.807, 2.05) is 79.1 Å². The number of nitrogens with zero attached hydrogens (tertiary/aromatic N) is 3. The van der Waals surface area contributed by atoms with Crippen LogP contribution in [0.3, 0.4) is 0 Å². The van der Waals surface area contributed by atoms with E-state index >= 15 is 0 Å². The molecule has 0 aliphatic heterocycles. The molecule has 1 N–H and O–H groups in total. The van der Waals surface area contributed by atoms with Gasteiger partial charge in [0.2, 0.25) is 5.82 Å². The van der Waals surface area contributed by atoms with Gasteiger partial charge in [-0.1, -0.05) is 43.0 Å². The van der Waals surface area contributed by atoms with Crippen molar-refractivity contribution in [2.24, 2.45) is 0 Å². The predicted octanol–water partition coefficient (Wildman–Crippen LogP) is 5.36. The number of hydrogen-bond acceptors (Lipinski definition) is 6. The van der Waals surface area contributed by atoms with Crippen LogP contribution in [0, 0.1) is 0 Å². The molecule has 8 heteroatoms. The summed E-state index contributed by atoms with van der Waals surface area (Å²) in [5, 5.41) is 12.5. The van der Waals surface area contributed by atoms with E-state index < -0.39 is 0 Å². The molecule has 4 aromatic rings. The first-order chi connectivity index (χ1) is 16.1. The van der Waals surface area contributed by atoms with Gasteiger partial charge < -0.3 is 14.5 Å². The molecule has 0 fully saturated rings. The number of carbonyl (C=O) groups is 1. The van der Waals surface area contributed by atoms with Gasteiger partial charge in [-0.3, -0.25) is 9.36 Å². The minimum Gasteiger partial charge on any atom is -0.495 e. The van der Waals surface area contributed by atoms with Crippen LogP contribution in [0.2, 0.25) is 0 Å². The van der Waals surface area contributed by atoms with Gasteiger partial charge in [0, 0.05) is 17.4 Å². The Morgan fingerprint density at radius 2 is 1.91 bits per heavy atom. The van der Waals surface area contributed by atoms with Gasteiger partial charge in [-0.25, -0.2) is 0 Å². The molecular weight excluding hydrogens is 436 g/mol. The average Bonchev–Trinajstić information content (AvgIpc) is 3.52. The largest absolute Gasteiger partial charge is 0.495 e. The first-order valence-electron chi connectivity index (χ1n) is 10.8. The van der Waals surface area contributed by atoms with Crippen molar-refractivity contribution in [2.45, 2.75) is 37.2 Å². The molecular formula is C25H26N4O3S. The van der Waals surface area contributed by atoms with Crippen LogP contribution in [-0.4, -0.2) is 33.8 Å². The van der Waals surface area contributed by atoms with E-state index in [2.05, 4.69) is 15.5 Å². The fourth-order valence-electron chi connectivity index (χ4n) is 3.27. The predicted molar refractivity (Wildman–Crippen MR) is 129 cm³/mol. The Balaban J connectivity index is 1.57. The summed E-state index contributed by atoms with van der Waals surface area (Å²) in [5.74, 6) is 2.55. The second-order valence-corrected chi connectivity index (χ2v) is 8.50. The Morgan fingerprint density at radius 3 is 2.61 bits per heavy atom. The van der Waals surface area contributed by atoms with Gasteiger partial charge in [0.15, 0.2) is 10.9 Å². The maximum absolute atomic E-state index is 12.3. The van der Waals surface area contributed by atoms with E-state index in [0.29, 0.717) is 33.8 Å². The minimum absolute atomic E-state index is 0.0532. The van der Waals surface area contributed by atoms with E-state index in [1.165, 1.54) is 0 Å². The smallest absolute Gasteiger partial charge is 0.251 e. The third kappa shape index (κ3) is 5.12. The molecule has 0 aliphatic carbocycles. The van der Waals surface area contributed by atoms with Crippen LogP contribution in [0.4, 0.5) is 0 Å². The molecule has 1 amide bonds. The second kappa shape index (κ2) is 10.4. The molecule has 7 nitrogen and oxygen atoms in total. The first-order valence-corrected chi connectivity index (χ1v) is 11.7. The maximum Gasteiger partial charge on any atom is 0.251 e. The van der Waals surface area contributed by atoms with Crippen LogP contribution in [0.1, 0.15) is 36.2 Å². The SMILES string of the molecule is CC[C@H](C)NC(=O)c1ccc(CSc2nnc(-c3ccco3)n2-c2ccccc2OC)cc1. The number of nitrogens with one attached hydrogen (secondary N) is 1. The number of furan rings is 1. The Kier molecular flexibility index (Phi) is 7.14. The summed E-state index contributed by atoms with van der Waals surface area (Å²) in [5.41, 5.74) is 2.56. The van der Waals surface area contributed by atoms with Crippen LogP contribution in [0.15, 0.2) is 76.5 Å². The van der Waals surface area contributed by atoms with E-state index in [0.717, 1.165) is 17.7 Å². The Labute approximate surface area is 197 Å². The number of hydrogen-bond donors (Lipinski definition) is 1. The van der Waals surface area contributed by atoms with Crippen molar-refractivity contribution in [3.8, 4) is 23.0 Å². The van der Waals surface area contributed by atoms with Gasteiger partial charge in [0.05, 0.1) is 19.1 Å². The molecule has 0 saturated carbocycles. The highest BCUT2D eigenvalue weighted by molar-refractivity contribution is 7.98. The van der Waals surface area contributed by atoms with Crippen molar-refractivity contribution in [3.63, 3.8) is 0 Å². The Bertz CT molecular complexity index is 1200. The Hall–Kier alpha value is -3.52. The second-order valence-electron chi connectivity index (χ2n) is 7.56. The molecule has 0 bridgehead atoms. The summed E-state index contributed by atoms with van der Waals surface area (Å²) in [6, 6.07) is 19.2. The highest BCUT2D eigenvalue weighted by Gasteiger charge is 2.20. The van der Waals surface area contributed by atoms with Crippen molar-refractivity contribution in [2.75, 3.05) is 7.11 Å². The number of ether oxygens (including phenoxy) is 1. The van der Waals surface area contributed by atoms with E-state index in [1.54, 1.807) is 25.1 Å². The molecule has 0 saturated heterocycles. The summed E-state index contributed by atoms with van der Waals surface area (Å²) in [4.78, 5) is 12.3. The lowest BCUT2D eigenvalue weighted by Gasteiger charge is -2.13. The van der Waals surface area contributed by atoms with Gasteiger partial charge in [-0.15, -0.1) is 10.2 Å². The molecule has 0 radical (unpaired) electrons.